The van der Waals surface area contributed by atoms with Crippen molar-refractivity contribution in [1.29, 1.82) is 0 Å². The number of ketones is 1. The van der Waals surface area contributed by atoms with Gasteiger partial charge < -0.3 is 18.9 Å². The second-order valence-electron chi connectivity index (χ2n) is 10.4. The third-order valence-corrected chi connectivity index (χ3v) is 7.60. The summed E-state index contributed by atoms with van der Waals surface area (Å²) in [6.45, 7) is 5.97. The number of Topliss-reactive ketones (excluding diaryl/α,β-unsaturated/α-hetero) is 1. The van der Waals surface area contributed by atoms with E-state index in [1.807, 2.05) is 72.8 Å². The average molecular weight is 514 g/mol. The van der Waals surface area contributed by atoms with Crippen LogP contribution in [-0.2, 0) is 4.74 Å². The van der Waals surface area contributed by atoms with E-state index < -0.39 is 12.0 Å². The van der Waals surface area contributed by atoms with Crippen molar-refractivity contribution < 1.29 is 23.7 Å². The molecule has 3 aromatic rings. The molecule has 6 rings (SSSR count). The molecule has 6 heteroatoms. The van der Waals surface area contributed by atoms with Crippen LogP contribution < -0.4 is 14.2 Å². The van der Waals surface area contributed by atoms with E-state index in [9.17, 15) is 4.79 Å². The van der Waals surface area contributed by atoms with Crippen LogP contribution in [0, 0.1) is 0 Å². The van der Waals surface area contributed by atoms with Gasteiger partial charge in [0.05, 0.1) is 18.1 Å². The summed E-state index contributed by atoms with van der Waals surface area (Å²) in [5, 5.41) is 0. The summed E-state index contributed by atoms with van der Waals surface area (Å²) in [5.41, 5.74) is 2.46. The third-order valence-electron chi connectivity index (χ3n) is 7.60. The monoisotopic (exact) mass is 513 g/mol. The van der Waals surface area contributed by atoms with Crippen molar-refractivity contribution in [3.63, 3.8) is 0 Å². The predicted molar refractivity (Wildman–Crippen MR) is 145 cm³/mol. The lowest BCUT2D eigenvalue weighted by atomic mass is 9.81. The van der Waals surface area contributed by atoms with Gasteiger partial charge >= 0.3 is 0 Å². The van der Waals surface area contributed by atoms with Crippen LogP contribution in [0.5, 0.6) is 17.2 Å². The van der Waals surface area contributed by atoms with Gasteiger partial charge in [0.25, 0.3) is 0 Å². The van der Waals surface area contributed by atoms with Crippen molar-refractivity contribution in [2.75, 3.05) is 26.2 Å². The summed E-state index contributed by atoms with van der Waals surface area (Å²) in [6, 6.07) is 23.4. The summed E-state index contributed by atoms with van der Waals surface area (Å²) < 4.78 is 24.6. The Hall–Kier alpha value is -3.35. The zero-order chi connectivity index (χ0) is 25.9. The fourth-order valence-electron chi connectivity index (χ4n) is 5.61. The van der Waals surface area contributed by atoms with Crippen molar-refractivity contribution in [2.24, 2.45) is 0 Å². The number of nitrogens with zero attached hydrogens (tertiary/aromatic N) is 1. The standard InChI is InChI=1S/C32H35NO5/c1-2-17-33-20-26(21-33)36-24-13-11-23(12-14-24)32-30(22-8-4-3-5-9-22)31(34)27-16-15-25(19-28(27)38-32)37-29-10-6-7-18-35-29/h3-5,8-9,11-16,19,26,29-30,32H,2,6-7,10,17-18,20-21H2,1H3. The Morgan fingerprint density at radius 2 is 1.68 bits per heavy atom. The SMILES string of the molecule is CCCN1CC(Oc2ccc(C3Oc4cc(OC5CCCCO5)ccc4C(=O)C3c3ccccc3)cc2)C1. The highest BCUT2D eigenvalue weighted by Gasteiger charge is 2.39. The molecule has 38 heavy (non-hydrogen) atoms. The number of hydrogen-bond acceptors (Lipinski definition) is 6. The summed E-state index contributed by atoms with van der Waals surface area (Å²) in [4.78, 5) is 16.3. The zero-order valence-corrected chi connectivity index (χ0v) is 21.9. The number of fused-ring (bicyclic) bond motifs is 1. The van der Waals surface area contributed by atoms with Crippen molar-refractivity contribution in [2.45, 2.75) is 57.0 Å². The number of likely N-dealkylation sites (tertiary alicyclic amines) is 1. The molecule has 0 aliphatic carbocycles. The maximum atomic E-state index is 13.9. The van der Waals surface area contributed by atoms with Crippen LogP contribution in [0.3, 0.4) is 0 Å². The molecule has 2 saturated heterocycles. The van der Waals surface area contributed by atoms with Gasteiger partial charge in [-0.2, -0.15) is 0 Å². The quantitative estimate of drug-likeness (QED) is 0.359. The first-order valence-electron chi connectivity index (χ1n) is 13.8. The van der Waals surface area contributed by atoms with Crippen LogP contribution >= 0.6 is 0 Å². The van der Waals surface area contributed by atoms with Crippen LogP contribution in [0.4, 0.5) is 0 Å². The van der Waals surface area contributed by atoms with Crippen molar-refractivity contribution in [3.8, 4) is 17.2 Å². The van der Waals surface area contributed by atoms with Gasteiger partial charge in [-0.1, -0.05) is 49.4 Å². The topological polar surface area (TPSA) is 57.2 Å². The van der Waals surface area contributed by atoms with E-state index in [1.165, 1.54) is 0 Å². The molecule has 3 aromatic carbocycles. The Balaban J connectivity index is 1.24. The molecule has 6 nitrogen and oxygen atoms in total. The van der Waals surface area contributed by atoms with Crippen molar-refractivity contribution >= 4 is 5.78 Å². The zero-order valence-electron chi connectivity index (χ0n) is 21.9. The second kappa shape index (κ2) is 11.2. The van der Waals surface area contributed by atoms with Crippen molar-refractivity contribution in [1.82, 2.24) is 4.90 Å². The normalized spacial score (nSPS) is 23.7. The summed E-state index contributed by atoms with van der Waals surface area (Å²) >= 11 is 0. The van der Waals surface area contributed by atoms with Crippen molar-refractivity contribution in [3.05, 3.63) is 89.5 Å². The van der Waals surface area contributed by atoms with Gasteiger partial charge in [-0.05, 0) is 61.2 Å². The van der Waals surface area contributed by atoms with E-state index in [0.717, 1.165) is 62.2 Å². The van der Waals surface area contributed by atoms with Gasteiger partial charge in [-0.3, -0.25) is 9.69 Å². The largest absolute Gasteiger partial charge is 0.488 e. The molecule has 3 atom stereocenters. The Labute approximate surface area is 224 Å². The van der Waals surface area contributed by atoms with E-state index >= 15 is 0 Å². The molecule has 198 valence electrons. The smallest absolute Gasteiger partial charge is 0.199 e. The number of carbonyl (C=O) groups is 1. The first kappa shape index (κ1) is 25.0. The van der Waals surface area contributed by atoms with Crippen LogP contribution in [0.2, 0.25) is 0 Å². The highest BCUT2D eigenvalue weighted by molar-refractivity contribution is 6.04. The molecule has 0 spiro atoms. The minimum atomic E-state index is -0.462. The molecule has 3 aliphatic heterocycles. The van der Waals surface area contributed by atoms with Crippen LogP contribution in [-0.4, -0.2) is 49.3 Å². The van der Waals surface area contributed by atoms with E-state index in [4.69, 9.17) is 18.9 Å². The number of benzene rings is 3. The van der Waals surface area contributed by atoms with E-state index in [-0.39, 0.29) is 18.2 Å². The summed E-state index contributed by atoms with van der Waals surface area (Å²) in [7, 11) is 0. The maximum absolute atomic E-state index is 13.9. The lowest BCUT2D eigenvalue weighted by Crippen LogP contribution is -2.53. The highest BCUT2D eigenvalue weighted by atomic mass is 16.7. The minimum Gasteiger partial charge on any atom is -0.488 e. The Morgan fingerprint density at radius 3 is 2.42 bits per heavy atom. The van der Waals surface area contributed by atoms with E-state index in [0.29, 0.717) is 23.7 Å². The van der Waals surface area contributed by atoms with Gasteiger partial charge in [0.2, 0.25) is 0 Å². The van der Waals surface area contributed by atoms with Gasteiger partial charge in [0, 0.05) is 25.6 Å². The number of carbonyl (C=O) groups excluding carboxylic acids is 1. The Morgan fingerprint density at radius 1 is 0.895 bits per heavy atom. The molecule has 0 radical (unpaired) electrons. The molecule has 3 heterocycles. The molecule has 2 fully saturated rings. The van der Waals surface area contributed by atoms with Crippen LogP contribution in [0.25, 0.3) is 0 Å². The summed E-state index contributed by atoms with van der Waals surface area (Å²) in [6.07, 6.45) is 3.68. The maximum Gasteiger partial charge on any atom is 0.199 e. The first-order chi connectivity index (χ1) is 18.7. The molecular formula is C32H35NO5. The number of hydrogen-bond donors (Lipinski definition) is 0. The highest BCUT2D eigenvalue weighted by Crippen LogP contribution is 2.45. The molecule has 0 saturated carbocycles. The van der Waals surface area contributed by atoms with Gasteiger partial charge in [0.15, 0.2) is 12.1 Å². The second-order valence-corrected chi connectivity index (χ2v) is 10.4. The van der Waals surface area contributed by atoms with E-state index in [2.05, 4.69) is 11.8 Å². The molecule has 3 unspecified atom stereocenters. The molecular weight excluding hydrogens is 478 g/mol. The molecule has 0 amide bonds. The van der Waals surface area contributed by atoms with E-state index in [1.54, 1.807) is 0 Å². The number of rotatable bonds is 8. The van der Waals surface area contributed by atoms with Crippen LogP contribution in [0.15, 0.2) is 72.8 Å². The average Bonchev–Trinajstić information content (AvgIpc) is 2.93. The van der Waals surface area contributed by atoms with Gasteiger partial charge in [-0.25, -0.2) is 0 Å². The van der Waals surface area contributed by atoms with Crippen LogP contribution in [0.1, 0.15) is 66.1 Å². The first-order valence-corrected chi connectivity index (χ1v) is 13.8. The molecule has 0 aromatic heterocycles. The lowest BCUT2D eigenvalue weighted by Gasteiger charge is -2.38. The summed E-state index contributed by atoms with van der Waals surface area (Å²) in [5.74, 6) is 1.65. The lowest BCUT2D eigenvalue weighted by molar-refractivity contribution is -0.106. The van der Waals surface area contributed by atoms with Gasteiger partial charge in [-0.15, -0.1) is 0 Å². The fourth-order valence-corrected chi connectivity index (χ4v) is 5.61. The number of ether oxygens (including phenoxy) is 4. The van der Waals surface area contributed by atoms with Gasteiger partial charge in [0.1, 0.15) is 29.5 Å². The predicted octanol–water partition coefficient (Wildman–Crippen LogP) is 6.17. The Bertz CT molecular complexity index is 1230. The minimum absolute atomic E-state index is 0.0497. The fraction of sp³-hybridized carbons (Fsp3) is 0.406. The Kier molecular flexibility index (Phi) is 7.34. The third kappa shape index (κ3) is 5.29. The molecule has 3 aliphatic rings. The molecule has 0 bridgehead atoms. The molecule has 0 N–H and O–H groups in total.